The summed E-state index contributed by atoms with van der Waals surface area (Å²) in [4.78, 5) is 15.0. The highest BCUT2D eigenvalue weighted by atomic mass is 32.2. The van der Waals surface area contributed by atoms with Crippen molar-refractivity contribution in [3.05, 3.63) is 89.5 Å². The molecule has 0 radical (unpaired) electrons. The van der Waals surface area contributed by atoms with Gasteiger partial charge in [-0.25, -0.2) is 13.1 Å². The molecule has 1 aliphatic rings. The van der Waals surface area contributed by atoms with Gasteiger partial charge in [0.2, 0.25) is 10.0 Å². The van der Waals surface area contributed by atoms with Gasteiger partial charge in [0, 0.05) is 23.8 Å². The fraction of sp³-hybridized carbons (Fsp3) is 0.208. The zero-order valence-electron chi connectivity index (χ0n) is 17.4. The molecule has 0 spiro atoms. The minimum atomic E-state index is -3.90. The molecule has 1 aliphatic heterocycles. The number of amides is 1. The summed E-state index contributed by atoms with van der Waals surface area (Å²) < 4.78 is 33.9. The minimum absolute atomic E-state index is 0.0109. The molecule has 4 rings (SSSR count). The van der Waals surface area contributed by atoms with Crippen LogP contribution in [-0.2, 0) is 23.0 Å². The molecule has 7 heteroatoms. The first-order valence-electron chi connectivity index (χ1n) is 10.0. The zero-order valence-corrected chi connectivity index (χ0v) is 18.2. The van der Waals surface area contributed by atoms with Gasteiger partial charge in [0.15, 0.2) is 0 Å². The number of ether oxygens (including phenoxy) is 1. The monoisotopic (exact) mass is 436 g/mol. The van der Waals surface area contributed by atoms with Gasteiger partial charge in [-0.3, -0.25) is 4.79 Å². The van der Waals surface area contributed by atoms with Crippen LogP contribution in [0.1, 0.15) is 28.4 Å². The van der Waals surface area contributed by atoms with Crippen molar-refractivity contribution in [2.75, 3.05) is 12.0 Å². The maximum Gasteiger partial charge on any atom is 0.258 e. The summed E-state index contributed by atoms with van der Waals surface area (Å²) in [6.45, 7) is 2.13. The summed E-state index contributed by atoms with van der Waals surface area (Å²) in [7, 11) is -2.49. The van der Waals surface area contributed by atoms with E-state index in [4.69, 9.17) is 4.74 Å². The van der Waals surface area contributed by atoms with Gasteiger partial charge in [-0.2, -0.15) is 0 Å². The van der Waals surface area contributed by atoms with Crippen LogP contribution >= 0.6 is 0 Å². The first kappa shape index (κ1) is 21.1. The number of hydrogen-bond acceptors (Lipinski definition) is 4. The van der Waals surface area contributed by atoms with E-state index in [1.54, 1.807) is 11.0 Å². The average Bonchev–Trinajstić information content (AvgIpc) is 3.13. The van der Waals surface area contributed by atoms with E-state index < -0.39 is 10.0 Å². The second kappa shape index (κ2) is 8.53. The highest BCUT2D eigenvalue weighted by molar-refractivity contribution is 7.89. The van der Waals surface area contributed by atoms with Crippen LogP contribution in [-0.4, -0.2) is 27.5 Å². The Morgan fingerprint density at radius 1 is 1.06 bits per heavy atom. The number of para-hydroxylation sites is 1. The van der Waals surface area contributed by atoms with E-state index in [0.29, 0.717) is 5.56 Å². The number of sulfonamides is 1. The normalized spacial score (nSPS) is 15.5. The van der Waals surface area contributed by atoms with Crippen molar-refractivity contribution in [2.45, 2.75) is 30.8 Å². The lowest BCUT2D eigenvalue weighted by Gasteiger charge is -2.23. The maximum absolute atomic E-state index is 13.3. The molecule has 0 saturated carbocycles. The van der Waals surface area contributed by atoms with Crippen molar-refractivity contribution in [3.63, 3.8) is 0 Å². The number of methoxy groups -OCH3 is 1. The second-order valence-electron chi connectivity index (χ2n) is 7.53. The fourth-order valence-corrected chi connectivity index (χ4v) is 5.10. The van der Waals surface area contributed by atoms with Crippen molar-refractivity contribution in [1.29, 1.82) is 0 Å². The lowest BCUT2D eigenvalue weighted by molar-refractivity contribution is 0.0981. The van der Waals surface area contributed by atoms with Gasteiger partial charge in [-0.1, -0.05) is 48.5 Å². The van der Waals surface area contributed by atoms with Crippen LogP contribution in [0.3, 0.4) is 0 Å². The Kier molecular flexibility index (Phi) is 5.80. The molecule has 31 heavy (non-hydrogen) atoms. The van der Waals surface area contributed by atoms with E-state index in [1.165, 1.54) is 19.2 Å². The molecule has 0 saturated heterocycles. The third kappa shape index (κ3) is 4.19. The molecular weight excluding hydrogens is 412 g/mol. The first-order valence-corrected chi connectivity index (χ1v) is 11.5. The number of benzene rings is 3. The van der Waals surface area contributed by atoms with Gasteiger partial charge < -0.3 is 9.64 Å². The van der Waals surface area contributed by atoms with E-state index in [2.05, 4.69) is 4.72 Å². The average molecular weight is 437 g/mol. The van der Waals surface area contributed by atoms with Crippen molar-refractivity contribution < 1.29 is 17.9 Å². The van der Waals surface area contributed by atoms with Crippen LogP contribution in [0.2, 0.25) is 0 Å². The summed E-state index contributed by atoms with van der Waals surface area (Å²) >= 11 is 0. The molecule has 160 valence electrons. The first-order chi connectivity index (χ1) is 14.9. The summed E-state index contributed by atoms with van der Waals surface area (Å²) in [5, 5.41) is 0. The number of hydrogen-bond donors (Lipinski definition) is 1. The van der Waals surface area contributed by atoms with Crippen molar-refractivity contribution >= 4 is 21.6 Å². The number of nitrogens with zero attached hydrogens (tertiary/aromatic N) is 1. The second-order valence-corrected chi connectivity index (χ2v) is 9.27. The molecular formula is C24H24N2O4S. The topological polar surface area (TPSA) is 75.7 Å². The molecule has 1 amide bonds. The third-order valence-corrected chi connectivity index (χ3v) is 6.86. The van der Waals surface area contributed by atoms with Crippen LogP contribution in [0.5, 0.6) is 5.75 Å². The molecule has 0 fully saturated rings. The molecule has 6 nitrogen and oxygen atoms in total. The van der Waals surface area contributed by atoms with Gasteiger partial charge in [0.25, 0.3) is 5.91 Å². The number of rotatable bonds is 6. The van der Waals surface area contributed by atoms with Crippen LogP contribution < -0.4 is 14.4 Å². The Bertz CT molecular complexity index is 1210. The van der Waals surface area contributed by atoms with Crippen LogP contribution in [0.25, 0.3) is 0 Å². The van der Waals surface area contributed by atoms with E-state index in [-0.39, 0.29) is 29.1 Å². The minimum Gasteiger partial charge on any atom is -0.495 e. The van der Waals surface area contributed by atoms with Gasteiger partial charge in [0.05, 0.1) is 7.11 Å². The molecule has 3 aromatic carbocycles. The van der Waals surface area contributed by atoms with Gasteiger partial charge in [0.1, 0.15) is 10.6 Å². The predicted molar refractivity (Wildman–Crippen MR) is 120 cm³/mol. The number of fused-ring (bicyclic) bond motifs is 1. The van der Waals surface area contributed by atoms with Crippen LogP contribution in [0.4, 0.5) is 5.69 Å². The smallest absolute Gasteiger partial charge is 0.258 e. The maximum atomic E-state index is 13.3. The zero-order chi connectivity index (χ0) is 22.0. The summed E-state index contributed by atoms with van der Waals surface area (Å²) in [5.74, 6) is -0.0494. The highest BCUT2D eigenvalue weighted by Gasteiger charge is 2.32. The molecule has 0 aliphatic carbocycles. The highest BCUT2D eigenvalue weighted by Crippen LogP contribution is 2.34. The third-order valence-electron chi connectivity index (χ3n) is 5.44. The molecule has 0 aromatic heterocycles. The quantitative estimate of drug-likeness (QED) is 0.638. The predicted octanol–water partition coefficient (Wildman–Crippen LogP) is 3.77. The number of anilines is 1. The number of carbonyl (C=O) groups is 1. The van der Waals surface area contributed by atoms with Crippen molar-refractivity contribution in [1.82, 2.24) is 4.72 Å². The summed E-state index contributed by atoms with van der Waals surface area (Å²) in [6.07, 6.45) is 0.766. The fourth-order valence-electron chi connectivity index (χ4n) is 3.89. The van der Waals surface area contributed by atoms with E-state index in [1.807, 2.05) is 61.5 Å². The lowest BCUT2D eigenvalue weighted by atomic mass is 10.1. The van der Waals surface area contributed by atoms with Crippen molar-refractivity contribution in [2.24, 2.45) is 0 Å². The Labute approximate surface area is 182 Å². The largest absolute Gasteiger partial charge is 0.495 e. The van der Waals surface area contributed by atoms with E-state index in [9.17, 15) is 13.2 Å². The van der Waals surface area contributed by atoms with Gasteiger partial charge in [-0.15, -0.1) is 0 Å². The van der Waals surface area contributed by atoms with Crippen LogP contribution in [0, 0.1) is 0 Å². The van der Waals surface area contributed by atoms with Crippen LogP contribution in [0.15, 0.2) is 77.7 Å². The molecule has 0 unspecified atom stereocenters. The summed E-state index contributed by atoms with van der Waals surface area (Å²) in [6, 6.07) is 21.5. The molecule has 3 aromatic rings. The lowest BCUT2D eigenvalue weighted by Crippen LogP contribution is -2.36. The van der Waals surface area contributed by atoms with E-state index in [0.717, 1.165) is 23.2 Å². The number of nitrogens with one attached hydrogen (secondary N) is 1. The van der Waals surface area contributed by atoms with Crippen molar-refractivity contribution in [3.8, 4) is 5.75 Å². The Morgan fingerprint density at radius 3 is 2.52 bits per heavy atom. The van der Waals surface area contributed by atoms with Gasteiger partial charge in [-0.05, 0) is 48.7 Å². The number of carbonyl (C=O) groups excluding carboxylic acids is 1. The molecule has 1 heterocycles. The van der Waals surface area contributed by atoms with Gasteiger partial charge >= 0.3 is 0 Å². The Morgan fingerprint density at radius 2 is 1.77 bits per heavy atom. The SMILES string of the molecule is COc1ccc(C(=O)N2c3ccccc3C[C@H]2C)cc1S(=O)(=O)NCc1ccccc1. The Hall–Kier alpha value is -3.16. The molecule has 0 bridgehead atoms. The van der Waals surface area contributed by atoms with E-state index >= 15 is 0 Å². The standard InChI is InChI=1S/C24H24N2O4S/c1-17-14-19-10-6-7-11-21(19)26(17)24(27)20-12-13-22(30-2)23(15-20)31(28,29)25-16-18-8-4-3-5-9-18/h3-13,15,17,25H,14,16H2,1-2H3/t17-/m1/s1. The summed E-state index contributed by atoms with van der Waals surface area (Å²) in [5.41, 5.74) is 3.10. The Balaban J connectivity index is 1.65. The molecule has 1 atom stereocenters. The molecule has 1 N–H and O–H groups in total.